The molecule has 4 heteroatoms. The van der Waals surface area contributed by atoms with Gasteiger partial charge >= 0.3 is 0 Å². The van der Waals surface area contributed by atoms with Crippen LogP contribution in [-0.4, -0.2) is 11.8 Å². The molecular weight excluding hydrogens is 276 g/mol. The number of hydrogen-bond acceptors (Lipinski definition) is 2. The molecule has 1 aromatic carbocycles. The average Bonchev–Trinajstić information content (AvgIpc) is 2.76. The summed E-state index contributed by atoms with van der Waals surface area (Å²) in [4.78, 5) is 22.7. The molecule has 0 aromatic heterocycles. The number of fused-ring (bicyclic) bond motifs is 4. The zero-order valence-electron chi connectivity index (χ0n) is 13.1. The van der Waals surface area contributed by atoms with Gasteiger partial charge in [0, 0.05) is 6.42 Å². The van der Waals surface area contributed by atoms with Gasteiger partial charge in [-0.25, -0.2) is 0 Å². The quantitative estimate of drug-likeness (QED) is 0.687. The Balaban J connectivity index is 1.80. The van der Waals surface area contributed by atoms with Crippen molar-refractivity contribution < 1.29 is 9.59 Å². The fraction of sp³-hybridized carbons (Fsp3) is 0.556. The lowest BCUT2D eigenvalue weighted by Gasteiger charge is -2.29. The van der Waals surface area contributed by atoms with Gasteiger partial charge in [-0.3, -0.25) is 9.59 Å². The highest BCUT2D eigenvalue weighted by atomic mass is 16.1. The second-order valence-corrected chi connectivity index (χ2v) is 6.55. The van der Waals surface area contributed by atoms with E-state index in [1.54, 1.807) is 0 Å². The number of benzene rings is 1. The average molecular weight is 302 g/mol. The van der Waals surface area contributed by atoms with Crippen LogP contribution in [0.25, 0.3) is 0 Å². The Hall–Kier alpha value is -1.84. The van der Waals surface area contributed by atoms with Crippen LogP contribution in [-0.2, 0) is 22.4 Å². The monoisotopic (exact) mass is 302 g/mol. The first-order chi connectivity index (χ1) is 10.5. The minimum Gasteiger partial charge on any atom is -0.370 e. The summed E-state index contributed by atoms with van der Waals surface area (Å²) >= 11 is 0. The van der Waals surface area contributed by atoms with Crippen LogP contribution in [0.5, 0.6) is 0 Å². The summed E-state index contributed by atoms with van der Waals surface area (Å²) < 4.78 is 0. The molecule has 0 fully saturated rings. The molecule has 0 spiro atoms. The molecule has 3 rings (SSSR count). The molecule has 2 amide bonds. The van der Waals surface area contributed by atoms with E-state index in [4.69, 9.17) is 11.5 Å². The van der Waals surface area contributed by atoms with E-state index in [0.29, 0.717) is 6.42 Å². The second kappa shape index (κ2) is 7.43. The molecule has 0 saturated carbocycles. The van der Waals surface area contributed by atoms with Crippen molar-refractivity contribution in [1.29, 1.82) is 0 Å². The normalized spacial score (nSPS) is 15.5. The Morgan fingerprint density at radius 2 is 1.36 bits per heavy atom. The molecule has 0 unspecified atom stereocenters. The van der Waals surface area contributed by atoms with Crippen molar-refractivity contribution in [2.75, 3.05) is 0 Å². The Morgan fingerprint density at radius 3 is 1.86 bits per heavy atom. The van der Waals surface area contributed by atoms with Crippen LogP contribution < -0.4 is 11.5 Å². The summed E-state index contributed by atoms with van der Waals surface area (Å²) in [6, 6.07) is 8.40. The summed E-state index contributed by atoms with van der Waals surface area (Å²) in [6.07, 6.45) is 7.84. The number of rotatable bonds is 9. The number of carbonyl (C=O) groups is 2. The third-order valence-corrected chi connectivity index (χ3v) is 4.71. The molecule has 0 aliphatic heterocycles. The molecule has 1 aromatic rings. The van der Waals surface area contributed by atoms with Gasteiger partial charge in [-0.2, -0.15) is 0 Å². The van der Waals surface area contributed by atoms with Crippen LogP contribution in [0.3, 0.4) is 0 Å². The van der Waals surface area contributed by atoms with Crippen molar-refractivity contribution in [3.05, 3.63) is 35.4 Å². The van der Waals surface area contributed by atoms with Gasteiger partial charge < -0.3 is 11.5 Å². The fourth-order valence-corrected chi connectivity index (χ4v) is 3.39. The van der Waals surface area contributed by atoms with E-state index in [2.05, 4.69) is 24.3 Å². The minimum absolute atomic E-state index is 0.177. The zero-order chi connectivity index (χ0) is 16.0. The van der Waals surface area contributed by atoms with Gasteiger partial charge in [0.15, 0.2) is 0 Å². The second-order valence-electron chi connectivity index (χ2n) is 6.55. The van der Waals surface area contributed by atoms with Gasteiger partial charge in [-0.15, -0.1) is 0 Å². The summed E-state index contributed by atoms with van der Waals surface area (Å²) in [5, 5.41) is 0. The topological polar surface area (TPSA) is 86.2 Å². The zero-order valence-corrected chi connectivity index (χ0v) is 13.1. The van der Waals surface area contributed by atoms with E-state index in [9.17, 15) is 9.59 Å². The third-order valence-electron chi connectivity index (χ3n) is 4.71. The van der Waals surface area contributed by atoms with Crippen LogP contribution in [0.2, 0.25) is 0 Å². The smallest absolute Gasteiger partial charge is 0.224 e. The fourth-order valence-electron chi connectivity index (χ4n) is 3.39. The Kier molecular flexibility index (Phi) is 5.58. The standard InChI is InChI=1S/C18H26N2O2/c19-16(21)6-4-2-1-3-5-11-18(17(20)22)12-14-7-8-15(13-18)10-9-14/h7-10H,1-6,11-13H2,(H2,19,21)(H2,20,22). The van der Waals surface area contributed by atoms with Gasteiger partial charge in [0.1, 0.15) is 0 Å². The Bertz CT molecular complexity index is 497. The summed E-state index contributed by atoms with van der Waals surface area (Å²) in [6.45, 7) is 0. The number of unbranched alkanes of at least 4 members (excludes halogenated alkanes) is 4. The first kappa shape index (κ1) is 16.5. The lowest BCUT2D eigenvalue weighted by Crippen LogP contribution is -2.40. The van der Waals surface area contributed by atoms with Crippen molar-refractivity contribution in [2.45, 2.75) is 57.8 Å². The van der Waals surface area contributed by atoms with Crippen LogP contribution in [0.4, 0.5) is 0 Å². The van der Waals surface area contributed by atoms with E-state index >= 15 is 0 Å². The van der Waals surface area contributed by atoms with Crippen molar-refractivity contribution in [1.82, 2.24) is 0 Å². The molecule has 2 aliphatic rings. The van der Waals surface area contributed by atoms with E-state index < -0.39 is 5.41 Å². The molecule has 4 nitrogen and oxygen atoms in total. The van der Waals surface area contributed by atoms with Crippen molar-refractivity contribution in [3.8, 4) is 0 Å². The maximum atomic E-state index is 12.1. The highest BCUT2D eigenvalue weighted by Gasteiger charge is 2.37. The van der Waals surface area contributed by atoms with Crippen molar-refractivity contribution in [2.24, 2.45) is 16.9 Å². The summed E-state index contributed by atoms with van der Waals surface area (Å²) in [5.41, 5.74) is 12.8. The van der Waals surface area contributed by atoms with Gasteiger partial charge in [-0.1, -0.05) is 49.9 Å². The predicted molar refractivity (Wildman–Crippen MR) is 87.0 cm³/mol. The largest absolute Gasteiger partial charge is 0.370 e. The van der Waals surface area contributed by atoms with Gasteiger partial charge in [0.2, 0.25) is 11.8 Å². The van der Waals surface area contributed by atoms with Crippen LogP contribution in [0, 0.1) is 5.41 Å². The van der Waals surface area contributed by atoms with Crippen molar-refractivity contribution in [3.63, 3.8) is 0 Å². The maximum absolute atomic E-state index is 12.1. The Morgan fingerprint density at radius 1 is 0.864 bits per heavy atom. The number of primary amides is 2. The van der Waals surface area contributed by atoms with E-state index in [1.165, 1.54) is 11.1 Å². The first-order valence-electron chi connectivity index (χ1n) is 8.18. The predicted octanol–water partition coefficient (Wildman–Crippen LogP) is 2.47. The van der Waals surface area contributed by atoms with E-state index in [1.807, 2.05) is 0 Å². The minimum atomic E-state index is -0.426. The van der Waals surface area contributed by atoms with Crippen LogP contribution >= 0.6 is 0 Å². The molecular formula is C18H26N2O2. The molecule has 0 radical (unpaired) electrons. The van der Waals surface area contributed by atoms with Crippen LogP contribution in [0.15, 0.2) is 24.3 Å². The summed E-state index contributed by atoms with van der Waals surface area (Å²) in [7, 11) is 0. The van der Waals surface area contributed by atoms with Crippen LogP contribution in [0.1, 0.15) is 56.1 Å². The molecule has 0 saturated heterocycles. The lowest BCUT2D eigenvalue weighted by atomic mass is 9.74. The maximum Gasteiger partial charge on any atom is 0.224 e. The molecule has 4 N–H and O–H groups in total. The molecule has 22 heavy (non-hydrogen) atoms. The number of carbonyl (C=O) groups excluding carboxylic acids is 2. The molecule has 0 heterocycles. The van der Waals surface area contributed by atoms with Gasteiger partial charge in [-0.05, 0) is 36.8 Å². The van der Waals surface area contributed by atoms with Gasteiger partial charge in [0.05, 0.1) is 5.41 Å². The molecule has 2 bridgehead atoms. The lowest BCUT2D eigenvalue weighted by molar-refractivity contribution is -0.128. The SMILES string of the molecule is NC(=O)CCCCCCCC1(C(N)=O)Cc2ccc(cc2)C1. The molecule has 0 atom stereocenters. The number of nitrogens with two attached hydrogens (primary N) is 2. The van der Waals surface area contributed by atoms with E-state index in [0.717, 1.165) is 51.4 Å². The number of amides is 2. The third kappa shape index (κ3) is 4.33. The highest BCUT2D eigenvalue weighted by molar-refractivity contribution is 5.82. The molecule has 2 aliphatic carbocycles. The summed E-state index contributed by atoms with van der Waals surface area (Å²) in [5.74, 6) is -0.403. The van der Waals surface area contributed by atoms with E-state index in [-0.39, 0.29) is 11.8 Å². The Labute approximate surface area is 132 Å². The highest BCUT2D eigenvalue weighted by Crippen LogP contribution is 2.36. The molecule has 120 valence electrons. The van der Waals surface area contributed by atoms with Gasteiger partial charge in [0.25, 0.3) is 0 Å². The number of hydrogen-bond donors (Lipinski definition) is 2. The first-order valence-corrected chi connectivity index (χ1v) is 8.18. The van der Waals surface area contributed by atoms with Crippen molar-refractivity contribution >= 4 is 11.8 Å².